The number of hydrogen-bond donors (Lipinski definition) is 0. The maximum Gasteiger partial charge on any atom is 0.0486 e. The summed E-state index contributed by atoms with van der Waals surface area (Å²) in [5, 5.41) is 10.8. The lowest BCUT2D eigenvalue weighted by atomic mass is 9.95. The Kier molecular flexibility index (Phi) is 5.99. The Morgan fingerprint density at radius 2 is 0.917 bits per heavy atom. The first-order chi connectivity index (χ1) is 17.6. The zero-order valence-corrected chi connectivity index (χ0v) is 22.3. The van der Waals surface area contributed by atoms with Gasteiger partial charge in [0.1, 0.15) is 0 Å². The van der Waals surface area contributed by atoms with Crippen LogP contribution in [0.4, 0.5) is 0 Å². The Hall–Kier alpha value is -3.26. The predicted octanol–water partition coefficient (Wildman–Crippen LogP) is 9.59. The molecule has 6 aromatic rings. The fourth-order valence-electron chi connectivity index (χ4n) is 6.25. The summed E-state index contributed by atoms with van der Waals surface area (Å²) >= 11 is 0. The van der Waals surface area contributed by atoms with Crippen LogP contribution in [0, 0.1) is 0 Å². The van der Waals surface area contributed by atoms with Crippen molar-refractivity contribution in [3.05, 3.63) is 72.1 Å². The molecule has 0 aliphatic rings. The second kappa shape index (κ2) is 9.32. The van der Waals surface area contributed by atoms with Crippen molar-refractivity contribution in [2.24, 2.45) is 14.1 Å². The minimum atomic E-state index is 1.16. The highest BCUT2D eigenvalue weighted by Gasteiger charge is 2.12. The molecule has 0 atom stereocenters. The molecule has 0 aliphatic heterocycles. The van der Waals surface area contributed by atoms with Gasteiger partial charge in [-0.1, -0.05) is 63.8 Å². The molecular formula is C34H38N2. The van der Waals surface area contributed by atoms with Gasteiger partial charge in [0.25, 0.3) is 0 Å². The van der Waals surface area contributed by atoms with Crippen molar-refractivity contribution in [1.82, 2.24) is 9.13 Å². The first-order valence-electron chi connectivity index (χ1n) is 13.9. The summed E-state index contributed by atoms with van der Waals surface area (Å²) in [5.74, 6) is 0. The lowest BCUT2D eigenvalue weighted by Gasteiger charge is -2.10. The number of hydrogen-bond acceptors (Lipinski definition) is 0. The van der Waals surface area contributed by atoms with Gasteiger partial charge in [-0.15, -0.1) is 0 Å². The Balaban J connectivity index is 1.50. The molecule has 0 fully saturated rings. The lowest BCUT2D eigenvalue weighted by Crippen LogP contribution is -1.96. The molecule has 0 radical (unpaired) electrons. The summed E-state index contributed by atoms with van der Waals surface area (Å²) in [6, 6.07) is 23.8. The Morgan fingerprint density at radius 1 is 0.472 bits per heavy atom. The van der Waals surface area contributed by atoms with Crippen LogP contribution < -0.4 is 0 Å². The van der Waals surface area contributed by atoms with Crippen LogP contribution in [-0.4, -0.2) is 9.13 Å². The van der Waals surface area contributed by atoms with Gasteiger partial charge in [-0.05, 0) is 94.4 Å². The minimum absolute atomic E-state index is 1.16. The molecule has 0 N–H and O–H groups in total. The Morgan fingerprint density at radius 3 is 1.33 bits per heavy atom. The van der Waals surface area contributed by atoms with Crippen LogP contribution in [-0.2, 0) is 26.9 Å². The maximum absolute atomic E-state index is 2.43. The van der Waals surface area contributed by atoms with Crippen molar-refractivity contribution in [2.75, 3.05) is 0 Å². The van der Waals surface area contributed by atoms with Gasteiger partial charge in [-0.2, -0.15) is 0 Å². The zero-order chi connectivity index (χ0) is 24.8. The Labute approximate surface area is 214 Å². The normalized spacial score (nSPS) is 12.2. The Bertz CT molecular complexity index is 1600. The molecule has 0 bridgehead atoms. The van der Waals surface area contributed by atoms with Crippen molar-refractivity contribution in [3.63, 3.8) is 0 Å². The van der Waals surface area contributed by atoms with E-state index in [2.05, 4.69) is 97.7 Å². The van der Waals surface area contributed by atoms with Crippen LogP contribution in [0.15, 0.2) is 60.7 Å². The smallest absolute Gasteiger partial charge is 0.0486 e. The first kappa shape index (κ1) is 23.2. The molecule has 6 rings (SSSR count). The molecule has 2 aromatic heterocycles. The highest BCUT2D eigenvalue weighted by molar-refractivity contribution is 6.20. The molecule has 0 saturated heterocycles. The fraction of sp³-hybridized carbons (Fsp3) is 0.353. The highest BCUT2D eigenvalue weighted by atomic mass is 14.9. The van der Waals surface area contributed by atoms with Crippen LogP contribution >= 0.6 is 0 Å². The van der Waals surface area contributed by atoms with E-state index in [1.165, 1.54) is 104 Å². The van der Waals surface area contributed by atoms with E-state index in [9.17, 15) is 0 Å². The quantitative estimate of drug-likeness (QED) is 0.153. The molecule has 2 heterocycles. The lowest BCUT2D eigenvalue weighted by molar-refractivity contribution is 0.690. The molecule has 4 aromatic carbocycles. The third-order valence-electron chi connectivity index (χ3n) is 8.43. The second-order valence-electron chi connectivity index (χ2n) is 10.8. The minimum Gasteiger partial charge on any atom is -0.348 e. The molecule has 2 nitrogen and oxygen atoms in total. The summed E-state index contributed by atoms with van der Waals surface area (Å²) < 4.78 is 4.80. The molecular weight excluding hydrogens is 436 g/mol. The number of aromatic nitrogens is 2. The average molecular weight is 475 g/mol. The van der Waals surface area contributed by atoms with Gasteiger partial charge in [0.05, 0.1) is 0 Å². The van der Waals surface area contributed by atoms with E-state index < -0.39 is 0 Å². The summed E-state index contributed by atoms with van der Waals surface area (Å²) in [4.78, 5) is 0. The monoisotopic (exact) mass is 474 g/mol. The van der Waals surface area contributed by atoms with E-state index >= 15 is 0 Å². The molecule has 2 heteroatoms. The highest BCUT2D eigenvalue weighted by Crippen LogP contribution is 2.36. The average Bonchev–Trinajstić information content (AvgIpc) is 3.36. The van der Waals surface area contributed by atoms with Gasteiger partial charge in [0.15, 0.2) is 0 Å². The largest absolute Gasteiger partial charge is 0.348 e. The molecule has 0 aliphatic carbocycles. The number of unbranched alkanes of at least 4 members (excludes halogenated alkanes) is 4. The molecule has 0 unspecified atom stereocenters. The standard InChI is InChI=1S/C34H38N2/c1-5-7-9-11-27-17-25-19-31-23(21-33(25)35(27)3)13-15-30-29(31)16-14-24-22-34-26(20-32(24)30)18-28(36(34)4)12-10-8-6-2/h13-22H,5-12H2,1-4H3. The fourth-order valence-corrected chi connectivity index (χ4v) is 6.25. The molecule has 36 heavy (non-hydrogen) atoms. The number of aryl methyl sites for hydroxylation is 4. The summed E-state index contributed by atoms with van der Waals surface area (Å²) in [6.45, 7) is 4.55. The van der Waals surface area contributed by atoms with Crippen molar-refractivity contribution < 1.29 is 0 Å². The number of rotatable bonds is 8. The van der Waals surface area contributed by atoms with Crippen LogP contribution in [0.2, 0.25) is 0 Å². The van der Waals surface area contributed by atoms with Crippen molar-refractivity contribution >= 4 is 54.1 Å². The second-order valence-corrected chi connectivity index (χ2v) is 10.8. The summed E-state index contributed by atoms with van der Waals surface area (Å²) in [6.07, 6.45) is 9.99. The van der Waals surface area contributed by atoms with Crippen molar-refractivity contribution in [1.29, 1.82) is 0 Å². The van der Waals surface area contributed by atoms with Crippen LogP contribution in [0.5, 0.6) is 0 Å². The van der Waals surface area contributed by atoms with Gasteiger partial charge in [0.2, 0.25) is 0 Å². The summed E-state index contributed by atoms with van der Waals surface area (Å²) in [5.41, 5.74) is 5.58. The molecule has 0 spiro atoms. The van der Waals surface area contributed by atoms with E-state index in [0.29, 0.717) is 0 Å². The maximum atomic E-state index is 2.43. The van der Waals surface area contributed by atoms with E-state index in [1.54, 1.807) is 0 Å². The van der Waals surface area contributed by atoms with Crippen molar-refractivity contribution in [2.45, 2.75) is 65.2 Å². The topological polar surface area (TPSA) is 9.86 Å². The number of benzene rings is 4. The molecule has 184 valence electrons. The van der Waals surface area contributed by atoms with Gasteiger partial charge >= 0.3 is 0 Å². The third-order valence-corrected chi connectivity index (χ3v) is 8.43. The van der Waals surface area contributed by atoms with Gasteiger partial charge < -0.3 is 9.13 Å². The van der Waals surface area contributed by atoms with Crippen molar-refractivity contribution in [3.8, 4) is 0 Å². The van der Waals surface area contributed by atoms with Gasteiger partial charge in [-0.25, -0.2) is 0 Å². The van der Waals surface area contributed by atoms with E-state index in [4.69, 9.17) is 0 Å². The van der Waals surface area contributed by atoms with Gasteiger partial charge in [0, 0.05) is 47.3 Å². The summed E-state index contributed by atoms with van der Waals surface area (Å²) in [7, 11) is 4.46. The van der Waals surface area contributed by atoms with E-state index in [-0.39, 0.29) is 0 Å². The first-order valence-corrected chi connectivity index (χ1v) is 13.9. The van der Waals surface area contributed by atoms with E-state index in [0.717, 1.165) is 12.8 Å². The number of fused-ring (bicyclic) bond motifs is 7. The SMILES string of the molecule is CCCCCc1cc2cc3c(ccc4c5cc6cc(CCCCC)n(C)c6cc5ccc34)cc2n1C. The molecule has 0 amide bonds. The predicted molar refractivity (Wildman–Crippen MR) is 158 cm³/mol. The third kappa shape index (κ3) is 3.79. The van der Waals surface area contributed by atoms with Crippen LogP contribution in [0.25, 0.3) is 54.1 Å². The van der Waals surface area contributed by atoms with Gasteiger partial charge in [-0.3, -0.25) is 0 Å². The van der Waals surface area contributed by atoms with E-state index in [1.807, 2.05) is 0 Å². The zero-order valence-electron chi connectivity index (χ0n) is 22.3. The number of nitrogens with zero attached hydrogens (tertiary/aromatic N) is 2. The molecule has 0 saturated carbocycles. The van der Waals surface area contributed by atoms with Crippen LogP contribution in [0.1, 0.15) is 63.8 Å². The van der Waals surface area contributed by atoms with Crippen LogP contribution in [0.3, 0.4) is 0 Å².